The van der Waals surface area contributed by atoms with E-state index in [0.29, 0.717) is 12.2 Å². The number of halogens is 2. The Balaban J connectivity index is 2.32. The number of sulfonamides is 1. The maximum absolute atomic E-state index is 12.2. The van der Waals surface area contributed by atoms with E-state index in [2.05, 4.69) is 9.71 Å². The topological polar surface area (TPSA) is 82.9 Å². The number of rotatable bonds is 3. The second-order valence-electron chi connectivity index (χ2n) is 4.05. The summed E-state index contributed by atoms with van der Waals surface area (Å²) in [5.74, 6) is 1.17. The fraction of sp³-hybridized carbons (Fsp3) is 0.400. The fourth-order valence-corrected chi connectivity index (χ4v) is 4.63. The number of hydrogen-bond acceptors (Lipinski definition) is 5. The van der Waals surface area contributed by atoms with Crippen LogP contribution in [0.2, 0.25) is 10.2 Å². The number of nitrogens with one attached hydrogen (secondary N) is 1. The molecule has 1 atom stereocenters. The van der Waals surface area contributed by atoms with E-state index in [1.165, 1.54) is 17.8 Å². The van der Waals surface area contributed by atoms with Gasteiger partial charge in [0.25, 0.3) is 0 Å². The molecule has 0 aromatic carbocycles. The van der Waals surface area contributed by atoms with Crippen LogP contribution in [0, 0.1) is 11.3 Å². The van der Waals surface area contributed by atoms with Crippen LogP contribution in [0.15, 0.2) is 17.2 Å². The second-order valence-corrected chi connectivity index (χ2v) is 7.60. The lowest BCUT2D eigenvalue weighted by molar-refractivity contribution is 0.514. The summed E-state index contributed by atoms with van der Waals surface area (Å²) in [6.45, 7) is 0. The SMILES string of the molecule is N#CC1(NS(=O)(=O)c2cnc(Cl)c(Cl)c2)CCSC1. The van der Waals surface area contributed by atoms with Gasteiger partial charge in [-0.2, -0.15) is 21.7 Å². The molecule has 0 aliphatic carbocycles. The van der Waals surface area contributed by atoms with Gasteiger partial charge in [-0.05, 0) is 18.2 Å². The summed E-state index contributed by atoms with van der Waals surface area (Å²) in [5, 5.41) is 9.26. The van der Waals surface area contributed by atoms with Gasteiger partial charge in [0, 0.05) is 11.9 Å². The third kappa shape index (κ3) is 3.15. The Hall–Kier alpha value is -0.520. The Morgan fingerprint density at radius 1 is 1.53 bits per heavy atom. The average molecular weight is 338 g/mol. The Morgan fingerprint density at radius 2 is 2.26 bits per heavy atom. The molecule has 2 heterocycles. The zero-order chi connectivity index (χ0) is 14.1. The molecule has 9 heteroatoms. The second kappa shape index (κ2) is 5.46. The van der Waals surface area contributed by atoms with E-state index in [1.807, 2.05) is 6.07 Å². The van der Waals surface area contributed by atoms with Crippen molar-refractivity contribution in [3.63, 3.8) is 0 Å². The normalized spacial score (nSPS) is 23.2. The van der Waals surface area contributed by atoms with Crippen molar-refractivity contribution in [2.24, 2.45) is 0 Å². The van der Waals surface area contributed by atoms with Gasteiger partial charge in [0.1, 0.15) is 15.6 Å². The molecule has 1 aliphatic heterocycles. The Bertz CT molecular complexity index is 637. The van der Waals surface area contributed by atoms with Crippen LogP contribution in [0.25, 0.3) is 0 Å². The van der Waals surface area contributed by atoms with Crippen LogP contribution in [0.3, 0.4) is 0 Å². The molecule has 0 radical (unpaired) electrons. The van der Waals surface area contributed by atoms with Gasteiger partial charge in [-0.15, -0.1) is 0 Å². The zero-order valence-electron chi connectivity index (χ0n) is 9.56. The molecular weight excluding hydrogens is 329 g/mol. The third-order valence-electron chi connectivity index (χ3n) is 2.65. The van der Waals surface area contributed by atoms with E-state index in [1.54, 1.807) is 0 Å². The lowest BCUT2D eigenvalue weighted by atomic mass is 10.0. The van der Waals surface area contributed by atoms with Crippen LogP contribution < -0.4 is 4.72 Å². The third-order valence-corrected chi connectivity index (χ3v) is 6.03. The van der Waals surface area contributed by atoms with Crippen LogP contribution >= 0.6 is 35.0 Å². The summed E-state index contributed by atoms with van der Waals surface area (Å²) in [7, 11) is -3.84. The number of hydrogen-bond donors (Lipinski definition) is 1. The predicted octanol–water partition coefficient (Wildman–Crippen LogP) is 2.07. The molecule has 2 rings (SSSR count). The van der Waals surface area contributed by atoms with Crippen molar-refractivity contribution >= 4 is 45.0 Å². The van der Waals surface area contributed by atoms with Crippen molar-refractivity contribution in [3.05, 3.63) is 22.4 Å². The first-order chi connectivity index (χ1) is 8.88. The molecule has 1 aromatic heterocycles. The van der Waals surface area contributed by atoms with Crippen molar-refractivity contribution in [2.75, 3.05) is 11.5 Å². The molecule has 1 fully saturated rings. The van der Waals surface area contributed by atoms with E-state index in [-0.39, 0.29) is 15.1 Å². The molecule has 0 saturated carbocycles. The average Bonchev–Trinajstić information content (AvgIpc) is 2.81. The van der Waals surface area contributed by atoms with Crippen LogP contribution in [0.5, 0.6) is 0 Å². The Kier molecular flexibility index (Phi) is 4.28. The quantitative estimate of drug-likeness (QED) is 0.853. The Morgan fingerprint density at radius 3 is 2.79 bits per heavy atom. The highest BCUT2D eigenvalue weighted by molar-refractivity contribution is 7.99. The van der Waals surface area contributed by atoms with E-state index < -0.39 is 15.6 Å². The van der Waals surface area contributed by atoms with Gasteiger partial charge in [-0.25, -0.2) is 13.4 Å². The molecule has 19 heavy (non-hydrogen) atoms. The lowest BCUT2D eigenvalue weighted by Gasteiger charge is -2.20. The van der Waals surface area contributed by atoms with Crippen molar-refractivity contribution in [1.29, 1.82) is 5.26 Å². The largest absolute Gasteiger partial charge is 0.243 e. The first kappa shape index (κ1) is 14.9. The standard InChI is InChI=1S/C10H9Cl2N3O2S2/c11-8-3-7(4-14-9(8)12)19(16,17)15-10(5-13)1-2-18-6-10/h3-4,15H,1-2,6H2. The number of nitrogens with zero attached hydrogens (tertiary/aromatic N) is 2. The van der Waals surface area contributed by atoms with Crippen LogP contribution in [-0.2, 0) is 10.0 Å². The van der Waals surface area contributed by atoms with Crippen molar-refractivity contribution < 1.29 is 8.42 Å². The van der Waals surface area contributed by atoms with Gasteiger partial charge in [0.05, 0.1) is 11.1 Å². The molecule has 1 saturated heterocycles. The van der Waals surface area contributed by atoms with E-state index in [0.717, 1.165) is 11.9 Å². The first-order valence-corrected chi connectivity index (χ1v) is 8.62. The predicted molar refractivity (Wildman–Crippen MR) is 74.9 cm³/mol. The molecule has 1 aromatic rings. The molecule has 0 bridgehead atoms. The highest BCUT2D eigenvalue weighted by Crippen LogP contribution is 2.30. The van der Waals surface area contributed by atoms with Crippen LogP contribution in [0.4, 0.5) is 0 Å². The first-order valence-electron chi connectivity index (χ1n) is 5.23. The van der Waals surface area contributed by atoms with Gasteiger partial charge in [0.2, 0.25) is 10.0 Å². The highest BCUT2D eigenvalue weighted by atomic mass is 35.5. The summed E-state index contributed by atoms with van der Waals surface area (Å²) < 4.78 is 26.8. The minimum absolute atomic E-state index is 0.0343. The minimum atomic E-state index is -3.84. The summed E-state index contributed by atoms with van der Waals surface area (Å²) in [5.41, 5.74) is -1.06. The lowest BCUT2D eigenvalue weighted by Crippen LogP contribution is -2.47. The van der Waals surface area contributed by atoms with E-state index in [9.17, 15) is 13.7 Å². The summed E-state index contributed by atoms with van der Waals surface area (Å²) in [4.78, 5) is 3.59. The van der Waals surface area contributed by atoms with Gasteiger partial charge in [0.15, 0.2) is 0 Å². The summed E-state index contributed by atoms with van der Waals surface area (Å²) in [6, 6.07) is 3.25. The van der Waals surface area contributed by atoms with Crippen LogP contribution in [-0.4, -0.2) is 30.4 Å². The van der Waals surface area contributed by atoms with Crippen molar-refractivity contribution in [1.82, 2.24) is 9.71 Å². The maximum atomic E-state index is 12.2. The van der Waals surface area contributed by atoms with Gasteiger partial charge in [-0.1, -0.05) is 23.2 Å². The molecule has 0 spiro atoms. The van der Waals surface area contributed by atoms with Crippen molar-refractivity contribution in [3.8, 4) is 6.07 Å². The van der Waals surface area contributed by atoms with Crippen LogP contribution in [0.1, 0.15) is 6.42 Å². The number of pyridine rings is 1. The molecule has 5 nitrogen and oxygen atoms in total. The zero-order valence-corrected chi connectivity index (χ0v) is 12.7. The number of thioether (sulfide) groups is 1. The molecule has 1 unspecified atom stereocenters. The summed E-state index contributed by atoms with van der Waals surface area (Å²) >= 11 is 12.9. The smallest absolute Gasteiger partial charge is 0.242 e. The maximum Gasteiger partial charge on any atom is 0.243 e. The van der Waals surface area contributed by atoms with E-state index >= 15 is 0 Å². The van der Waals surface area contributed by atoms with Gasteiger partial charge >= 0.3 is 0 Å². The van der Waals surface area contributed by atoms with Crippen molar-refractivity contribution in [2.45, 2.75) is 16.9 Å². The molecule has 0 amide bonds. The van der Waals surface area contributed by atoms with Gasteiger partial charge < -0.3 is 0 Å². The number of nitriles is 1. The Labute approximate surface area is 125 Å². The van der Waals surface area contributed by atoms with Gasteiger partial charge in [-0.3, -0.25) is 0 Å². The molecule has 1 aliphatic rings. The minimum Gasteiger partial charge on any atom is -0.242 e. The summed E-state index contributed by atoms with van der Waals surface area (Å²) in [6.07, 6.45) is 1.59. The molecule has 1 N–H and O–H groups in total. The highest BCUT2D eigenvalue weighted by Gasteiger charge is 2.39. The van der Waals surface area contributed by atoms with E-state index in [4.69, 9.17) is 23.2 Å². The fourth-order valence-electron chi connectivity index (χ4n) is 1.62. The molecule has 102 valence electrons. The monoisotopic (exact) mass is 337 g/mol. The number of aromatic nitrogens is 1. The molecular formula is C10H9Cl2N3O2S2.